The van der Waals surface area contributed by atoms with Crippen LogP contribution in [0.1, 0.15) is 21.7 Å². The molecule has 0 bridgehead atoms. The zero-order chi connectivity index (χ0) is 19.2. The number of nitrogens with one attached hydrogen (secondary N) is 1. The predicted molar refractivity (Wildman–Crippen MR) is 101 cm³/mol. The van der Waals surface area contributed by atoms with Crippen molar-refractivity contribution in [2.45, 2.75) is 13.2 Å². The summed E-state index contributed by atoms with van der Waals surface area (Å²) in [6.07, 6.45) is 0. The standard InChI is InChI=1S/C20H18ClNO5/c1-25-11-15-14-7-3-5-9-17(14)27-19(15)20(24)26-12-18(23)22-10-13-6-2-4-8-16(13)21/h2-9H,10-12H2,1H3,(H,22,23). The van der Waals surface area contributed by atoms with Crippen molar-refractivity contribution in [3.05, 3.63) is 70.4 Å². The van der Waals surface area contributed by atoms with E-state index in [2.05, 4.69) is 5.32 Å². The van der Waals surface area contributed by atoms with E-state index in [0.29, 0.717) is 16.2 Å². The Morgan fingerprint density at radius 2 is 1.85 bits per heavy atom. The number of fused-ring (bicyclic) bond motifs is 1. The lowest BCUT2D eigenvalue weighted by Crippen LogP contribution is -2.28. The van der Waals surface area contributed by atoms with Crippen LogP contribution in [0.2, 0.25) is 5.02 Å². The minimum atomic E-state index is -0.717. The van der Waals surface area contributed by atoms with Gasteiger partial charge in [0.05, 0.1) is 6.61 Å². The fourth-order valence-electron chi connectivity index (χ4n) is 2.63. The molecular weight excluding hydrogens is 370 g/mol. The largest absolute Gasteiger partial charge is 0.450 e. The maximum Gasteiger partial charge on any atom is 0.375 e. The molecule has 0 radical (unpaired) electrons. The van der Waals surface area contributed by atoms with E-state index in [9.17, 15) is 9.59 Å². The molecule has 2 aromatic carbocycles. The van der Waals surface area contributed by atoms with Gasteiger partial charge >= 0.3 is 5.97 Å². The summed E-state index contributed by atoms with van der Waals surface area (Å²) in [5, 5.41) is 3.99. The number of para-hydroxylation sites is 1. The second kappa shape index (κ2) is 8.70. The number of hydrogen-bond donors (Lipinski definition) is 1. The molecule has 140 valence electrons. The molecule has 3 rings (SSSR count). The average Bonchev–Trinajstić information content (AvgIpc) is 3.04. The quantitative estimate of drug-likeness (QED) is 0.625. The van der Waals surface area contributed by atoms with Crippen molar-refractivity contribution in [3.8, 4) is 0 Å². The number of carbonyl (C=O) groups excluding carboxylic acids is 2. The van der Waals surface area contributed by atoms with Crippen molar-refractivity contribution in [2.75, 3.05) is 13.7 Å². The number of amides is 1. The minimum Gasteiger partial charge on any atom is -0.450 e. The fourth-order valence-corrected chi connectivity index (χ4v) is 2.84. The lowest BCUT2D eigenvalue weighted by Gasteiger charge is -2.07. The number of rotatable bonds is 7. The molecule has 0 unspecified atom stereocenters. The summed E-state index contributed by atoms with van der Waals surface area (Å²) >= 11 is 6.04. The summed E-state index contributed by atoms with van der Waals surface area (Å²) < 4.78 is 15.8. The highest BCUT2D eigenvalue weighted by Crippen LogP contribution is 2.27. The molecule has 1 heterocycles. The molecule has 0 atom stereocenters. The van der Waals surface area contributed by atoms with Crippen molar-refractivity contribution in [2.24, 2.45) is 0 Å². The highest BCUT2D eigenvalue weighted by Gasteiger charge is 2.22. The van der Waals surface area contributed by atoms with Crippen molar-refractivity contribution < 1.29 is 23.5 Å². The van der Waals surface area contributed by atoms with Gasteiger partial charge in [-0.15, -0.1) is 0 Å². The Morgan fingerprint density at radius 3 is 2.63 bits per heavy atom. The number of halogens is 1. The highest BCUT2D eigenvalue weighted by molar-refractivity contribution is 6.31. The molecule has 0 aliphatic heterocycles. The lowest BCUT2D eigenvalue weighted by molar-refractivity contribution is -0.124. The molecule has 1 aromatic heterocycles. The SMILES string of the molecule is COCc1c(C(=O)OCC(=O)NCc2ccccc2Cl)oc2ccccc12. The second-order valence-corrected chi connectivity index (χ2v) is 6.19. The third-order valence-corrected chi connectivity index (χ3v) is 4.31. The van der Waals surface area contributed by atoms with Gasteiger partial charge in [-0.05, 0) is 17.7 Å². The number of ether oxygens (including phenoxy) is 2. The van der Waals surface area contributed by atoms with Crippen LogP contribution in [0.15, 0.2) is 52.9 Å². The van der Waals surface area contributed by atoms with Crippen LogP contribution in [0, 0.1) is 0 Å². The topological polar surface area (TPSA) is 77.8 Å². The van der Waals surface area contributed by atoms with Crippen LogP contribution in [0.3, 0.4) is 0 Å². The van der Waals surface area contributed by atoms with Crippen LogP contribution in [0.4, 0.5) is 0 Å². The van der Waals surface area contributed by atoms with Crippen LogP contribution < -0.4 is 5.32 Å². The smallest absolute Gasteiger partial charge is 0.375 e. The van der Waals surface area contributed by atoms with Crippen molar-refractivity contribution in [1.29, 1.82) is 0 Å². The zero-order valence-corrected chi connectivity index (χ0v) is 15.4. The molecule has 6 nitrogen and oxygen atoms in total. The third-order valence-electron chi connectivity index (χ3n) is 3.94. The van der Waals surface area contributed by atoms with Crippen LogP contribution in [-0.2, 0) is 27.4 Å². The van der Waals surface area contributed by atoms with E-state index in [1.807, 2.05) is 18.2 Å². The third kappa shape index (κ3) is 4.48. The van der Waals surface area contributed by atoms with Crippen LogP contribution in [-0.4, -0.2) is 25.6 Å². The predicted octanol–water partition coefficient (Wildman–Crippen LogP) is 3.71. The zero-order valence-electron chi connectivity index (χ0n) is 14.7. The van der Waals surface area contributed by atoms with Gasteiger partial charge in [-0.2, -0.15) is 0 Å². The molecular formula is C20H18ClNO5. The Labute approximate surface area is 161 Å². The number of hydrogen-bond acceptors (Lipinski definition) is 5. The molecule has 1 N–H and O–H groups in total. The van der Waals surface area contributed by atoms with Gasteiger partial charge in [0.15, 0.2) is 6.61 Å². The van der Waals surface area contributed by atoms with E-state index >= 15 is 0 Å². The maximum absolute atomic E-state index is 12.4. The first kappa shape index (κ1) is 18.9. The van der Waals surface area contributed by atoms with Gasteiger partial charge in [0, 0.05) is 29.6 Å². The van der Waals surface area contributed by atoms with Gasteiger partial charge in [0.2, 0.25) is 5.76 Å². The monoisotopic (exact) mass is 387 g/mol. The number of carbonyl (C=O) groups is 2. The first-order chi connectivity index (χ1) is 13.1. The maximum atomic E-state index is 12.4. The van der Waals surface area contributed by atoms with E-state index in [4.69, 9.17) is 25.5 Å². The van der Waals surface area contributed by atoms with Gasteiger partial charge in [0.25, 0.3) is 5.91 Å². The fraction of sp³-hybridized carbons (Fsp3) is 0.200. The van der Waals surface area contributed by atoms with Crippen LogP contribution in [0.5, 0.6) is 0 Å². The van der Waals surface area contributed by atoms with Crippen molar-refractivity contribution in [1.82, 2.24) is 5.32 Å². The van der Waals surface area contributed by atoms with Gasteiger partial charge in [-0.25, -0.2) is 4.79 Å². The number of methoxy groups -OCH3 is 1. The highest BCUT2D eigenvalue weighted by atomic mass is 35.5. The molecule has 0 saturated carbocycles. The molecule has 1 amide bonds. The molecule has 7 heteroatoms. The molecule has 3 aromatic rings. The Kier molecular flexibility index (Phi) is 6.11. The van der Waals surface area contributed by atoms with Crippen LogP contribution >= 0.6 is 11.6 Å². The molecule has 0 spiro atoms. The molecule has 0 fully saturated rings. The Morgan fingerprint density at radius 1 is 1.11 bits per heavy atom. The Hall–Kier alpha value is -2.83. The van der Waals surface area contributed by atoms with Gasteiger partial charge in [-0.1, -0.05) is 48.0 Å². The minimum absolute atomic E-state index is 0.0388. The Bertz CT molecular complexity index is 966. The summed E-state index contributed by atoms with van der Waals surface area (Å²) in [7, 11) is 1.53. The van der Waals surface area contributed by atoms with Crippen LogP contribution in [0.25, 0.3) is 11.0 Å². The van der Waals surface area contributed by atoms with Crippen molar-refractivity contribution in [3.63, 3.8) is 0 Å². The van der Waals surface area contributed by atoms with E-state index < -0.39 is 18.5 Å². The summed E-state index contributed by atoms with van der Waals surface area (Å²) in [6, 6.07) is 14.4. The summed E-state index contributed by atoms with van der Waals surface area (Å²) in [5.41, 5.74) is 1.92. The molecule has 0 saturated heterocycles. The van der Waals surface area contributed by atoms with Gasteiger partial charge < -0.3 is 19.2 Å². The number of esters is 1. The first-order valence-electron chi connectivity index (χ1n) is 8.26. The summed E-state index contributed by atoms with van der Waals surface area (Å²) in [4.78, 5) is 24.3. The van der Waals surface area contributed by atoms with E-state index in [1.165, 1.54) is 7.11 Å². The number of furan rings is 1. The molecule has 0 aliphatic carbocycles. The van der Waals surface area contributed by atoms with Gasteiger partial charge in [0.1, 0.15) is 5.58 Å². The summed E-state index contributed by atoms with van der Waals surface area (Å²) in [5.74, 6) is -1.12. The Balaban J connectivity index is 1.62. The van der Waals surface area contributed by atoms with E-state index in [1.54, 1.807) is 30.3 Å². The van der Waals surface area contributed by atoms with E-state index in [-0.39, 0.29) is 18.9 Å². The van der Waals surface area contributed by atoms with Gasteiger partial charge in [-0.3, -0.25) is 4.79 Å². The second-order valence-electron chi connectivity index (χ2n) is 5.78. The number of benzene rings is 2. The van der Waals surface area contributed by atoms with E-state index in [0.717, 1.165) is 10.9 Å². The summed E-state index contributed by atoms with van der Waals surface area (Å²) in [6.45, 7) is 0.0164. The normalized spacial score (nSPS) is 10.7. The molecule has 27 heavy (non-hydrogen) atoms. The van der Waals surface area contributed by atoms with Crippen molar-refractivity contribution >= 4 is 34.4 Å². The molecule has 0 aliphatic rings. The lowest BCUT2D eigenvalue weighted by atomic mass is 10.1. The average molecular weight is 388 g/mol. The first-order valence-corrected chi connectivity index (χ1v) is 8.64.